The number of amides is 2. The zero-order chi connectivity index (χ0) is 19.4. The van der Waals surface area contributed by atoms with Crippen molar-refractivity contribution in [3.8, 4) is 11.6 Å². The summed E-state index contributed by atoms with van der Waals surface area (Å²) in [6.45, 7) is 2.03. The molecule has 3 rings (SSSR count). The van der Waals surface area contributed by atoms with E-state index in [-0.39, 0.29) is 23.0 Å². The van der Waals surface area contributed by atoms with Gasteiger partial charge in [-0.2, -0.15) is 0 Å². The Labute approximate surface area is 160 Å². The van der Waals surface area contributed by atoms with Crippen LogP contribution in [-0.4, -0.2) is 40.1 Å². The van der Waals surface area contributed by atoms with Crippen molar-refractivity contribution in [2.24, 2.45) is 5.73 Å². The normalized spacial score (nSPS) is 18.7. The summed E-state index contributed by atoms with van der Waals surface area (Å²) in [5.41, 5.74) is 7.06. The fraction of sp³-hybridized carbons (Fsp3) is 0.333. The number of nitrogens with one attached hydrogen (secondary N) is 1. The average Bonchev–Trinajstić information content (AvgIpc) is 2.98. The number of rotatable bonds is 7. The molecule has 1 aromatic heterocycles. The number of nitrogens with zero attached hydrogens (tertiary/aromatic N) is 2. The third kappa shape index (κ3) is 4.75. The van der Waals surface area contributed by atoms with Crippen LogP contribution >= 0.6 is 11.8 Å². The second-order valence-electron chi connectivity index (χ2n) is 6.38. The molecule has 142 valence electrons. The number of benzene rings is 1. The summed E-state index contributed by atoms with van der Waals surface area (Å²) in [5, 5.41) is 1.60. The molecule has 0 radical (unpaired) electrons. The molecule has 1 aliphatic rings. The Balaban J connectivity index is 1.59. The van der Waals surface area contributed by atoms with Crippen LogP contribution in [0.3, 0.4) is 0 Å². The lowest BCUT2D eigenvalue weighted by atomic mass is 10.0. The molecule has 2 heterocycles. The van der Waals surface area contributed by atoms with Crippen molar-refractivity contribution in [1.29, 1.82) is 0 Å². The van der Waals surface area contributed by atoms with Crippen molar-refractivity contribution in [3.05, 3.63) is 47.9 Å². The third-order valence-corrected chi connectivity index (χ3v) is 5.07. The highest BCUT2D eigenvalue weighted by Gasteiger charge is 2.31. The van der Waals surface area contributed by atoms with Gasteiger partial charge in [0.1, 0.15) is 18.7 Å². The third-order valence-electron chi connectivity index (χ3n) is 4.09. The fourth-order valence-corrected chi connectivity index (χ4v) is 3.39. The van der Waals surface area contributed by atoms with Crippen LogP contribution in [0.2, 0.25) is 0 Å². The Bertz CT molecular complexity index is 842. The van der Waals surface area contributed by atoms with Gasteiger partial charge in [0.2, 0.25) is 11.8 Å². The molecule has 8 nitrogen and oxygen atoms in total. The van der Waals surface area contributed by atoms with Crippen LogP contribution in [0.15, 0.2) is 36.7 Å². The van der Waals surface area contributed by atoms with E-state index in [2.05, 4.69) is 15.3 Å². The Hall–Kier alpha value is -2.65. The number of imide groups is 1. The summed E-state index contributed by atoms with van der Waals surface area (Å²) in [5.74, 6) is 0.842. The minimum atomic E-state index is -0.826. The first-order valence-electron chi connectivity index (χ1n) is 8.26. The number of thioether (sulfide) groups is 1. The average molecular weight is 388 g/mol. The van der Waals surface area contributed by atoms with Gasteiger partial charge in [-0.1, -0.05) is 23.9 Å². The van der Waals surface area contributed by atoms with Crippen LogP contribution in [0.25, 0.3) is 0 Å². The van der Waals surface area contributed by atoms with Crippen molar-refractivity contribution < 1.29 is 19.1 Å². The number of hydrogen-bond donors (Lipinski definition) is 2. The largest absolute Gasteiger partial charge is 0.491 e. The highest BCUT2D eigenvalue weighted by molar-refractivity contribution is 8.15. The van der Waals surface area contributed by atoms with Crippen LogP contribution in [-0.2, 0) is 16.8 Å². The van der Waals surface area contributed by atoms with Gasteiger partial charge in [0.05, 0.1) is 23.6 Å². The van der Waals surface area contributed by atoms with Gasteiger partial charge in [-0.05, 0) is 31.0 Å². The van der Waals surface area contributed by atoms with E-state index >= 15 is 0 Å². The molecule has 2 atom stereocenters. The first-order chi connectivity index (χ1) is 12.9. The lowest BCUT2D eigenvalue weighted by Crippen LogP contribution is -2.40. The first-order valence-corrected chi connectivity index (χ1v) is 9.14. The van der Waals surface area contributed by atoms with Gasteiger partial charge in [0.15, 0.2) is 0 Å². The van der Waals surface area contributed by atoms with E-state index in [0.717, 1.165) is 17.3 Å². The topological polar surface area (TPSA) is 116 Å². The van der Waals surface area contributed by atoms with Gasteiger partial charge in [0, 0.05) is 6.07 Å². The molecule has 3 N–H and O–H groups in total. The maximum Gasteiger partial charge on any atom is 0.286 e. The van der Waals surface area contributed by atoms with Gasteiger partial charge < -0.3 is 15.2 Å². The molecule has 1 fully saturated rings. The van der Waals surface area contributed by atoms with Gasteiger partial charge >= 0.3 is 0 Å². The SMILES string of the molecule is COc1cc(C(C)(N)COc2ccc(CC3SC(=O)NC3=O)cc2)ncn1. The first kappa shape index (κ1) is 19.1. The summed E-state index contributed by atoms with van der Waals surface area (Å²) >= 11 is 1.02. The number of carbonyl (C=O) groups excluding carboxylic acids is 2. The second-order valence-corrected chi connectivity index (χ2v) is 7.56. The van der Waals surface area contributed by atoms with Gasteiger partial charge in [0.25, 0.3) is 5.24 Å². The molecule has 2 aromatic rings. The van der Waals surface area contributed by atoms with E-state index in [1.807, 2.05) is 31.2 Å². The maximum absolute atomic E-state index is 11.6. The van der Waals surface area contributed by atoms with Crippen LogP contribution in [0.5, 0.6) is 11.6 Å². The predicted octanol–water partition coefficient (Wildman–Crippen LogP) is 1.63. The summed E-state index contributed by atoms with van der Waals surface area (Å²) in [7, 11) is 1.53. The minimum absolute atomic E-state index is 0.210. The molecule has 0 aliphatic carbocycles. The molecule has 0 bridgehead atoms. The number of hydrogen-bond acceptors (Lipinski definition) is 8. The molecule has 2 unspecified atom stereocenters. The molecule has 2 amide bonds. The van der Waals surface area contributed by atoms with Crippen molar-refractivity contribution in [3.63, 3.8) is 0 Å². The highest BCUT2D eigenvalue weighted by Crippen LogP contribution is 2.25. The number of carbonyl (C=O) groups is 2. The number of methoxy groups -OCH3 is 1. The van der Waals surface area contributed by atoms with Gasteiger partial charge in [-0.3, -0.25) is 14.9 Å². The van der Waals surface area contributed by atoms with Crippen LogP contribution in [0, 0.1) is 0 Å². The lowest BCUT2D eigenvalue weighted by Gasteiger charge is -2.24. The van der Waals surface area contributed by atoms with E-state index in [9.17, 15) is 9.59 Å². The number of nitrogens with two attached hydrogens (primary N) is 1. The Morgan fingerprint density at radius 1 is 1.26 bits per heavy atom. The highest BCUT2D eigenvalue weighted by atomic mass is 32.2. The van der Waals surface area contributed by atoms with E-state index in [1.165, 1.54) is 13.4 Å². The van der Waals surface area contributed by atoms with Gasteiger partial charge in [-0.25, -0.2) is 9.97 Å². The monoisotopic (exact) mass is 388 g/mol. The number of aromatic nitrogens is 2. The van der Waals surface area contributed by atoms with E-state index in [0.29, 0.717) is 23.7 Å². The molecule has 1 saturated heterocycles. The zero-order valence-corrected chi connectivity index (χ0v) is 15.8. The summed E-state index contributed by atoms with van der Waals surface area (Å²) in [6, 6.07) is 9.04. The summed E-state index contributed by atoms with van der Waals surface area (Å²) < 4.78 is 10.9. The van der Waals surface area contributed by atoms with Crippen LogP contribution in [0.1, 0.15) is 18.2 Å². The van der Waals surface area contributed by atoms with Gasteiger partial charge in [-0.15, -0.1) is 0 Å². The molecular formula is C18H20N4O4S. The number of ether oxygens (including phenoxy) is 2. The maximum atomic E-state index is 11.6. The standard InChI is InChI=1S/C18H20N4O4S/c1-18(19,14-8-15(25-2)21-10-20-14)9-26-12-5-3-11(4-6-12)7-13-16(23)22-17(24)27-13/h3-6,8,10,13H,7,9,19H2,1-2H3,(H,22,23,24). The lowest BCUT2D eigenvalue weighted by molar-refractivity contribution is -0.118. The molecule has 0 saturated carbocycles. The minimum Gasteiger partial charge on any atom is -0.491 e. The Kier molecular flexibility index (Phi) is 5.62. The second kappa shape index (κ2) is 7.93. The van der Waals surface area contributed by atoms with E-state index in [1.54, 1.807) is 6.07 Å². The van der Waals surface area contributed by atoms with Crippen LogP contribution < -0.4 is 20.5 Å². The summed E-state index contributed by atoms with van der Waals surface area (Å²) in [4.78, 5) is 31.0. The Morgan fingerprint density at radius 3 is 2.63 bits per heavy atom. The molecule has 9 heteroatoms. The smallest absolute Gasteiger partial charge is 0.286 e. The quantitative estimate of drug-likeness (QED) is 0.735. The molecular weight excluding hydrogens is 368 g/mol. The molecule has 0 spiro atoms. The molecule has 27 heavy (non-hydrogen) atoms. The fourth-order valence-electron chi connectivity index (χ4n) is 2.53. The zero-order valence-electron chi connectivity index (χ0n) is 15.0. The van der Waals surface area contributed by atoms with Crippen molar-refractivity contribution >= 4 is 22.9 Å². The van der Waals surface area contributed by atoms with Crippen molar-refractivity contribution in [2.75, 3.05) is 13.7 Å². The molecule has 1 aromatic carbocycles. The Morgan fingerprint density at radius 2 is 2.00 bits per heavy atom. The predicted molar refractivity (Wildman–Crippen MR) is 101 cm³/mol. The van der Waals surface area contributed by atoms with Crippen LogP contribution in [0.4, 0.5) is 4.79 Å². The van der Waals surface area contributed by atoms with E-state index < -0.39 is 5.54 Å². The van der Waals surface area contributed by atoms with Crippen molar-refractivity contribution in [2.45, 2.75) is 24.1 Å². The summed E-state index contributed by atoms with van der Waals surface area (Å²) in [6.07, 6.45) is 1.88. The molecule has 1 aliphatic heterocycles. The van der Waals surface area contributed by atoms with Crippen molar-refractivity contribution in [1.82, 2.24) is 15.3 Å². The van der Waals surface area contributed by atoms with E-state index in [4.69, 9.17) is 15.2 Å².